The number of carbonyl (C=O) groups is 1. The lowest BCUT2D eigenvalue weighted by molar-refractivity contribution is -0.124. The van der Waals surface area contributed by atoms with Gasteiger partial charge in [-0.2, -0.15) is 0 Å². The molecule has 0 bridgehead atoms. The SMILES string of the molecule is C[C@@H](C(N)=O)N1CCOCC(F)(F)C1. The number of nitrogens with two attached hydrogens (primary N) is 1. The minimum atomic E-state index is -2.90. The predicted octanol–water partition coefficient (Wildman–Crippen LogP) is -0.172. The highest BCUT2D eigenvalue weighted by atomic mass is 19.3. The highest BCUT2D eigenvalue weighted by molar-refractivity contribution is 5.79. The summed E-state index contributed by atoms with van der Waals surface area (Å²) in [6.45, 7) is 0.961. The van der Waals surface area contributed by atoms with Crippen LogP contribution in [0.5, 0.6) is 0 Å². The molecule has 0 unspecified atom stereocenters. The summed E-state index contributed by atoms with van der Waals surface area (Å²) in [4.78, 5) is 12.2. The summed E-state index contributed by atoms with van der Waals surface area (Å²) in [5.41, 5.74) is 5.04. The molecular formula is C8H14F2N2O2. The van der Waals surface area contributed by atoms with Crippen LogP contribution in [0.2, 0.25) is 0 Å². The van der Waals surface area contributed by atoms with Crippen molar-refractivity contribution in [2.45, 2.75) is 18.9 Å². The molecule has 4 nitrogen and oxygen atoms in total. The van der Waals surface area contributed by atoms with Gasteiger partial charge in [0.2, 0.25) is 5.91 Å². The van der Waals surface area contributed by atoms with E-state index in [2.05, 4.69) is 0 Å². The van der Waals surface area contributed by atoms with Gasteiger partial charge in [-0.1, -0.05) is 0 Å². The van der Waals surface area contributed by atoms with Crippen molar-refractivity contribution in [1.82, 2.24) is 4.90 Å². The second-order valence-corrected chi connectivity index (χ2v) is 3.46. The van der Waals surface area contributed by atoms with Crippen LogP contribution in [0, 0.1) is 0 Å². The fraction of sp³-hybridized carbons (Fsp3) is 0.875. The van der Waals surface area contributed by atoms with E-state index in [1.54, 1.807) is 0 Å². The third-order valence-electron chi connectivity index (χ3n) is 2.23. The third-order valence-corrected chi connectivity index (χ3v) is 2.23. The molecule has 0 aromatic rings. The summed E-state index contributed by atoms with van der Waals surface area (Å²) < 4.78 is 30.8. The van der Waals surface area contributed by atoms with Crippen LogP contribution >= 0.6 is 0 Å². The van der Waals surface area contributed by atoms with Gasteiger partial charge in [-0.15, -0.1) is 0 Å². The number of rotatable bonds is 2. The molecular weight excluding hydrogens is 194 g/mol. The number of carbonyl (C=O) groups excluding carboxylic acids is 1. The van der Waals surface area contributed by atoms with Gasteiger partial charge in [0.1, 0.15) is 6.61 Å². The van der Waals surface area contributed by atoms with Crippen molar-refractivity contribution in [3.05, 3.63) is 0 Å². The van der Waals surface area contributed by atoms with Crippen LogP contribution in [0.15, 0.2) is 0 Å². The lowest BCUT2D eigenvalue weighted by Crippen LogP contribution is -2.47. The zero-order chi connectivity index (χ0) is 10.8. The van der Waals surface area contributed by atoms with E-state index in [1.165, 1.54) is 11.8 Å². The molecule has 1 amide bonds. The second kappa shape index (κ2) is 4.18. The van der Waals surface area contributed by atoms with Gasteiger partial charge in [0.05, 0.1) is 19.2 Å². The Morgan fingerprint density at radius 1 is 1.64 bits per heavy atom. The van der Waals surface area contributed by atoms with E-state index in [4.69, 9.17) is 10.5 Å². The van der Waals surface area contributed by atoms with Crippen LogP contribution in [0.25, 0.3) is 0 Å². The first-order chi connectivity index (χ1) is 6.42. The minimum Gasteiger partial charge on any atom is -0.374 e. The molecule has 1 saturated heterocycles. The maximum Gasteiger partial charge on any atom is 0.283 e. The largest absolute Gasteiger partial charge is 0.374 e. The normalized spacial score (nSPS) is 25.4. The molecule has 2 N–H and O–H groups in total. The molecule has 1 heterocycles. The van der Waals surface area contributed by atoms with E-state index in [0.717, 1.165) is 0 Å². The fourth-order valence-corrected chi connectivity index (χ4v) is 1.34. The first-order valence-electron chi connectivity index (χ1n) is 4.41. The number of alkyl halides is 2. The highest BCUT2D eigenvalue weighted by Gasteiger charge is 2.36. The topological polar surface area (TPSA) is 55.6 Å². The Hall–Kier alpha value is -0.750. The van der Waals surface area contributed by atoms with Crippen LogP contribution in [0.4, 0.5) is 8.78 Å². The molecule has 1 fully saturated rings. The van der Waals surface area contributed by atoms with Gasteiger partial charge in [0, 0.05) is 6.54 Å². The predicted molar refractivity (Wildman–Crippen MR) is 46.0 cm³/mol. The summed E-state index contributed by atoms with van der Waals surface area (Å²) in [6, 6.07) is -0.678. The zero-order valence-electron chi connectivity index (χ0n) is 8.00. The van der Waals surface area contributed by atoms with Crippen molar-refractivity contribution < 1.29 is 18.3 Å². The minimum absolute atomic E-state index is 0.202. The summed E-state index contributed by atoms with van der Waals surface area (Å²) in [5.74, 6) is -3.50. The van der Waals surface area contributed by atoms with E-state index in [9.17, 15) is 13.6 Å². The van der Waals surface area contributed by atoms with Crippen molar-refractivity contribution in [2.24, 2.45) is 5.73 Å². The van der Waals surface area contributed by atoms with Crippen molar-refractivity contribution in [1.29, 1.82) is 0 Å². The van der Waals surface area contributed by atoms with Gasteiger partial charge in [-0.25, -0.2) is 8.78 Å². The van der Waals surface area contributed by atoms with Crippen LogP contribution < -0.4 is 5.73 Å². The van der Waals surface area contributed by atoms with E-state index < -0.39 is 31.0 Å². The Labute approximate surface area is 81.0 Å². The molecule has 14 heavy (non-hydrogen) atoms. The van der Waals surface area contributed by atoms with Crippen molar-refractivity contribution in [2.75, 3.05) is 26.3 Å². The first kappa shape index (κ1) is 11.3. The molecule has 82 valence electrons. The molecule has 0 saturated carbocycles. The number of halogens is 2. The van der Waals surface area contributed by atoms with Crippen molar-refractivity contribution >= 4 is 5.91 Å². The summed E-state index contributed by atoms with van der Waals surface area (Å²) in [7, 11) is 0. The lowest BCUT2D eigenvalue weighted by atomic mass is 10.2. The van der Waals surface area contributed by atoms with Crippen LogP contribution in [-0.2, 0) is 9.53 Å². The second-order valence-electron chi connectivity index (χ2n) is 3.46. The van der Waals surface area contributed by atoms with Gasteiger partial charge in [-0.05, 0) is 6.92 Å². The van der Waals surface area contributed by atoms with E-state index in [0.29, 0.717) is 6.54 Å². The average molecular weight is 208 g/mol. The monoisotopic (exact) mass is 208 g/mol. The zero-order valence-corrected chi connectivity index (χ0v) is 8.00. The molecule has 1 aliphatic heterocycles. The van der Waals surface area contributed by atoms with E-state index in [-0.39, 0.29) is 6.61 Å². The highest BCUT2D eigenvalue weighted by Crippen LogP contribution is 2.19. The Balaban J connectivity index is 2.64. The summed E-state index contributed by atoms with van der Waals surface area (Å²) >= 11 is 0. The maximum atomic E-state index is 13.0. The van der Waals surface area contributed by atoms with E-state index >= 15 is 0 Å². The first-order valence-corrected chi connectivity index (χ1v) is 4.41. The molecule has 0 aromatic carbocycles. The molecule has 0 aromatic heterocycles. The maximum absolute atomic E-state index is 13.0. The third kappa shape index (κ3) is 2.88. The Morgan fingerprint density at radius 2 is 2.29 bits per heavy atom. The standard InChI is InChI=1S/C8H14F2N2O2/c1-6(7(11)13)12-2-3-14-5-8(9,10)4-12/h6H,2-5H2,1H3,(H2,11,13)/t6-/m0/s1. The Kier molecular flexibility index (Phi) is 3.38. The van der Waals surface area contributed by atoms with Gasteiger partial charge in [0.15, 0.2) is 0 Å². The molecule has 0 aliphatic carbocycles. The van der Waals surface area contributed by atoms with Gasteiger partial charge >= 0.3 is 0 Å². The Bertz CT molecular complexity index is 223. The number of amides is 1. The molecule has 1 rings (SSSR count). The van der Waals surface area contributed by atoms with Crippen molar-refractivity contribution in [3.8, 4) is 0 Å². The number of hydrogen-bond donors (Lipinski definition) is 1. The molecule has 1 atom stereocenters. The number of hydrogen-bond acceptors (Lipinski definition) is 3. The molecule has 0 spiro atoms. The summed E-state index contributed by atoms with van der Waals surface area (Å²) in [6.07, 6.45) is 0. The van der Waals surface area contributed by atoms with Crippen molar-refractivity contribution in [3.63, 3.8) is 0 Å². The molecule has 1 aliphatic rings. The van der Waals surface area contributed by atoms with Crippen LogP contribution in [0.1, 0.15) is 6.92 Å². The number of primary amides is 1. The summed E-state index contributed by atoms with van der Waals surface area (Å²) in [5, 5.41) is 0. The van der Waals surface area contributed by atoms with Gasteiger partial charge in [0.25, 0.3) is 5.92 Å². The molecule has 0 radical (unpaired) electrons. The average Bonchev–Trinajstić information content (AvgIpc) is 2.24. The van der Waals surface area contributed by atoms with E-state index in [1.807, 2.05) is 0 Å². The van der Waals surface area contributed by atoms with Crippen LogP contribution in [0.3, 0.4) is 0 Å². The lowest BCUT2D eigenvalue weighted by Gasteiger charge is -2.26. The van der Waals surface area contributed by atoms with Crippen LogP contribution in [-0.4, -0.2) is 49.1 Å². The number of ether oxygens (including phenoxy) is 1. The van der Waals surface area contributed by atoms with Gasteiger partial charge in [-0.3, -0.25) is 9.69 Å². The van der Waals surface area contributed by atoms with Gasteiger partial charge < -0.3 is 10.5 Å². The quantitative estimate of drug-likeness (QED) is 0.685. The Morgan fingerprint density at radius 3 is 2.86 bits per heavy atom. The fourth-order valence-electron chi connectivity index (χ4n) is 1.34. The smallest absolute Gasteiger partial charge is 0.283 e. The molecule has 6 heteroatoms. The number of nitrogens with zero attached hydrogens (tertiary/aromatic N) is 1.